The Morgan fingerprint density at radius 1 is 1.38 bits per heavy atom. The van der Waals surface area contributed by atoms with Crippen molar-refractivity contribution in [2.24, 2.45) is 5.10 Å². The first kappa shape index (κ1) is 18.5. The second-order valence-corrected chi connectivity index (χ2v) is 9.26. The molecule has 0 unspecified atom stereocenters. The number of nitro groups is 1. The zero-order chi connectivity index (χ0) is 18.6. The van der Waals surface area contributed by atoms with Gasteiger partial charge >= 0.3 is 0 Å². The first-order chi connectivity index (χ1) is 12.5. The third-order valence-electron chi connectivity index (χ3n) is 3.73. The van der Waals surface area contributed by atoms with Crippen LogP contribution in [0.2, 0.25) is 0 Å². The highest BCUT2D eigenvalue weighted by Gasteiger charge is 2.32. The molecule has 0 bridgehead atoms. The van der Waals surface area contributed by atoms with Gasteiger partial charge in [-0.2, -0.15) is 5.10 Å². The number of thioether (sulfide) groups is 2. The van der Waals surface area contributed by atoms with E-state index in [4.69, 9.17) is 4.42 Å². The largest absolute Gasteiger partial charge is 0.455 e. The summed E-state index contributed by atoms with van der Waals surface area (Å²) >= 11 is 3.58. The van der Waals surface area contributed by atoms with E-state index in [2.05, 4.69) is 17.5 Å². The molecule has 26 heavy (non-hydrogen) atoms. The maximum atomic E-state index is 12.0. The van der Waals surface area contributed by atoms with Crippen molar-refractivity contribution >= 4 is 41.3 Å². The van der Waals surface area contributed by atoms with Crippen LogP contribution in [-0.2, 0) is 4.79 Å². The molecule has 7 nitrogen and oxygen atoms in total. The van der Waals surface area contributed by atoms with Crippen molar-refractivity contribution in [3.63, 3.8) is 0 Å². The predicted molar refractivity (Wildman–Crippen MR) is 104 cm³/mol. The lowest BCUT2D eigenvalue weighted by molar-refractivity contribution is -0.384. The van der Waals surface area contributed by atoms with E-state index in [0.29, 0.717) is 23.5 Å². The van der Waals surface area contributed by atoms with Gasteiger partial charge in [0.1, 0.15) is 11.5 Å². The summed E-state index contributed by atoms with van der Waals surface area (Å²) in [6.45, 7) is 2.07. The molecular weight excluding hydrogens is 374 g/mol. The quantitative estimate of drug-likeness (QED) is 0.456. The van der Waals surface area contributed by atoms with Crippen LogP contribution >= 0.6 is 23.5 Å². The number of amides is 1. The molecule has 136 valence electrons. The Hall–Kier alpha value is -2.26. The summed E-state index contributed by atoms with van der Waals surface area (Å²) in [6.07, 6.45) is 1.81. The zero-order valence-electron chi connectivity index (χ0n) is 14.0. The molecule has 0 radical (unpaired) electrons. The summed E-state index contributed by atoms with van der Waals surface area (Å²) < 4.78 is 5.52. The third kappa shape index (κ3) is 4.67. The summed E-state index contributed by atoms with van der Waals surface area (Å²) in [4.78, 5) is 22.4. The standard InChI is InChI=1S/C17H17N3O4S2/c1-17(25-7-8-26-17)10-16(21)19-18-11-14-5-6-15(24-14)12-3-2-4-13(9-12)20(22)23/h2-6,9,11H,7-8,10H2,1H3,(H,19,21)/b18-11-. The smallest absolute Gasteiger partial charge is 0.270 e. The van der Waals surface area contributed by atoms with E-state index < -0.39 is 4.92 Å². The molecule has 1 aliphatic rings. The van der Waals surface area contributed by atoms with Gasteiger partial charge in [0.15, 0.2) is 0 Å². The van der Waals surface area contributed by atoms with Gasteiger partial charge in [-0.25, -0.2) is 5.43 Å². The maximum Gasteiger partial charge on any atom is 0.270 e. The summed E-state index contributed by atoms with van der Waals surface area (Å²) in [5, 5.41) is 14.8. The second-order valence-electron chi connectivity index (χ2n) is 5.81. The van der Waals surface area contributed by atoms with E-state index >= 15 is 0 Å². The number of nitrogens with one attached hydrogen (secondary N) is 1. The Morgan fingerprint density at radius 2 is 2.15 bits per heavy atom. The molecule has 2 aromatic rings. The highest BCUT2D eigenvalue weighted by molar-refractivity contribution is 8.21. The van der Waals surface area contributed by atoms with Crippen molar-refractivity contribution < 1.29 is 14.1 Å². The maximum absolute atomic E-state index is 12.0. The van der Waals surface area contributed by atoms with Crippen LogP contribution in [0.25, 0.3) is 11.3 Å². The van der Waals surface area contributed by atoms with Crippen LogP contribution in [0.4, 0.5) is 5.69 Å². The third-order valence-corrected chi connectivity index (χ3v) is 7.02. The Bertz CT molecular complexity index is 844. The molecule has 2 heterocycles. The van der Waals surface area contributed by atoms with Crippen molar-refractivity contribution in [2.75, 3.05) is 11.5 Å². The molecule has 9 heteroatoms. The number of nitrogens with zero attached hydrogens (tertiary/aromatic N) is 2. The lowest BCUT2D eigenvalue weighted by Gasteiger charge is -2.19. The predicted octanol–water partition coefficient (Wildman–Crippen LogP) is 3.89. The fourth-order valence-corrected chi connectivity index (χ4v) is 5.34. The summed E-state index contributed by atoms with van der Waals surface area (Å²) in [5.74, 6) is 2.92. The average molecular weight is 391 g/mol. The number of carbonyl (C=O) groups excluding carboxylic acids is 1. The van der Waals surface area contributed by atoms with Gasteiger partial charge in [0.2, 0.25) is 5.91 Å². The fourth-order valence-electron chi connectivity index (χ4n) is 2.51. The summed E-state index contributed by atoms with van der Waals surface area (Å²) in [7, 11) is 0. The summed E-state index contributed by atoms with van der Waals surface area (Å²) in [6, 6.07) is 9.59. The van der Waals surface area contributed by atoms with Crippen LogP contribution in [0, 0.1) is 10.1 Å². The molecule has 0 saturated carbocycles. The van der Waals surface area contributed by atoms with Gasteiger partial charge in [-0.05, 0) is 19.1 Å². The minimum absolute atomic E-state index is 0.00229. The fraction of sp³-hybridized carbons (Fsp3) is 0.294. The number of furan rings is 1. The van der Waals surface area contributed by atoms with Crippen molar-refractivity contribution in [2.45, 2.75) is 17.4 Å². The lowest BCUT2D eigenvalue weighted by Crippen LogP contribution is -2.26. The molecule has 3 rings (SSSR count). The second kappa shape index (κ2) is 7.96. The first-order valence-electron chi connectivity index (χ1n) is 7.90. The highest BCUT2D eigenvalue weighted by Crippen LogP contribution is 2.45. The van der Waals surface area contributed by atoms with E-state index in [1.807, 2.05) is 0 Å². The Morgan fingerprint density at radius 3 is 2.88 bits per heavy atom. The van der Waals surface area contributed by atoms with Crippen molar-refractivity contribution in [3.8, 4) is 11.3 Å². The van der Waals surface area contributed by atoms with Gasteiger partial charge in [-0.15, -0.1) is 23.5 Å². The number of rotatable bonds is 6. The number of hydrogen-bond acceptors (Lipinski definition) is 7. The van der Waals surface area contributed by atoms with Crippen molar-refractivity contribution in [3.05, 3.63) is 52.3 Å². The topological polar surface area (TPSA) is 97.7 Å². The van der Waals surface area contributed by atoms with Gasteiger partial charge in [0.25, 0.3) is 5.69 Å². The molecule has 0 spiro atoms. The van der Waals surface area contributed by atoms with Gasteiger partial charge in [0, 0.05) is 29.2 Å². The molecule has 1 saturated heterocycles. The van der Waals surface area contributed by atoms with Crippen molar-refractivity contribution in [1.29, 1.82) is 0 Å². The molecule has 0 aliphatic carbocycles. The zero-order valence-corrected chi connectivity index (χ0v) is 15.6. The minimum Gasteiger partial charge on any atom is -0.455 e. The molecule has 1 aromatic carbocycles. The normalized spacial score (nSPS) is 16.0. The van der Waals surface area contributed by atoms with E-state index in [1.165, 1.54) is 18.3 Å². The number of hydrogen-bond donors (Lipinski definition) is 1. The number of carbonyl (C=O) groups is 1. The van der Waals surface area contributed by atoms with Gasteiger partial charge in [-0.1, -0.05) is 12.1 Å². The first-order valence-corrected chi connectivity index (χ1v) is 9.87. The summed E-state index contributed by atoms with van der Waals surface area (Å²) in [5.41, 5.74) is 3.11. The van der Waals surface area contributed by atoms with Crippen LogP contribution in [0.5, 0.6) is 0 Å². The Kier molecular flexibility index (Phi) is 5.67. The number of nitro benzene ring substituents is 1. The van der Waals surface area contributed by atoms with E-state index in [1.54, 1.807) is 47.8 Å². The Labute approximate surface area is 158 Å². The molecule has 1 aliphatic heterocycles. The van der Waals surface area contributed by atoms with Crippen LogP contribution in [0.3, 0.4) is 0 Å². The Balaban J connectivity index is 1.59. The molecule has 0 atom stereocenters. The van der Waals surface area contributed by atoms with Gasteiger partial charge in [0.05, 0.1) is 21.6 Å². The molecule has 1 N–H and O–H groups in total. The van der Waals surface area contributed by atoms with Crippen LogP contribution in [0.15, 0.2) is 45.9 Å². The van der Waals surface area contributed by atoms with Crippen LogP contribution < -0.4 is 5.43 Å². The van der Waals surface area contributed by atoms with Crippen molar-refractivity contribution in [1.82, 2.24) is 5.43 Å². The number of non-ortho nitro benzene ring substituents is 1. The monoisotopic (exact) mass is 391 g/mol. The average Bonchev–Trinajstić information content (AvgIpc) is 3.24. The number of benzene rings is 1. The lowest BCUT2D eigenvalue weighted by atomic mass is 10.1. The molecule has 1 fully saturated rings. The minimum atomic E-state index is -0.453. The van der Waals surface area contributed by atoms with E-state index in [0.717, 1.165) is 11.5 Å². The SMILES string of the molecule is CC1(CC(=O)N/N=C\c2ccc(-c3cccc([N+](=O)[O-])c3)o2)SCCS1. The van der Waals surface area contributed by atoms with Gasteiger partial charge in [-0.3, -0.25) is 14.9 Å². The highest BCUT2D eigenvalue weighted by atomic mass is 32.2. The molecule has 1 amide bonds. The van der Waals surface area contributed by atoms with Gasteiger partial charge < -0.3 is 4.42 Å². The van der Waals surface area contributed by atoms with E-state index in [9.17, 15) is 14.9 Å². The molecule has 1 aromatic heterocycles. The van der Waals surface area contributed by atoms with Crippen LogP contribution in [0.1, 0.15) is 19.1 Å². The van der Waals surface area contributed by atoms with Crippen LogP contribution in [-0.4, -0.2) is 32.6 Å². The molecular formula is C17H17N3O4S2. The van der Waals surface area contributed by atoms with E-state index in [-0.39, 0.29) is 15.7 Å². The number of hydrazone groups is 1.